The Morgan fingerprint density at radius 3 is 2.61 bits per heavy atom. The highest BCUT2D eigenvalue weighted by Gasteiger charge is 2.07. The number of alkyl halides is 1. The largest absolute Gasteiger partial charge is 0.508 e. The number of phenolic OH excluding ortho intramolecular Hbond substituents is 1. The first-order valence-corrected chi connectivity index (χ1v) is 6.36. The molecule has 2 aromatic rings. The molecule has 4 heteroatoms. The van der Waals surface area contributed by atoms with Crippen molar-refractivity contribution in [3.05, 3.63) is 58.6 Å². The van der Waals surface area contributed by atoms with Crippen LogP contribution in [-0.4, -0.2) is 5.11 Å². The molecular weight excluding hydrogens is 271 g/mol. The van der Waals surface area contributed by atoms with Gasteiger partial charge in [0.2, 0.25) is 0 Å². The van der Waals surface area contributed by atoms with E-state index >= 15 is 0 Å². The van der Waals surface area contributed by atoms with Crippen molar-refractivity contribution in [3.8, 4) is 11.5 Å². The van der Waals surface area contributed by atoms with Gasteiger partial charge in [-0.2, -0.15) is 0 Å². The van der Waals surface area contributed by atoms with E-state index < -0.39 is 0 Å². The summed E-state index contributed by atoms with van der Waals surface area (Å²) in [4.78, 5) is 0. The number of hydrogen-bond donors (Lipinski definition) is 1. The van der Waals surface area contributed by atoms with Gasteiger partial charge < -0.3 is 9.84 Å². The lowest BCUT2D eigenvalue weighted by Gasteiger charge is -2.11. The fraction of sp³-hybridized carbons (Fsp3) is 0.143. The van der Waals surface area contributed by atoms with Crippen LogP contribution in [0.15, 0.2) is 42.5 Å². The minimum absolute atomic E-state index is 0.222. The smallest absolute Gasteiger partial charge is 0.125 e. The predicted molar refractivity (Wildman–Crippen MR) is 73.4 cm³/mol. The van der Waals surface area contributed by atoms with Crippen LogP contribution in [0.2, 0.25) is 5.02 Å². The summed E-state index contributed by atoms with van der Waals surface area (Å²) in [5.41, 5.74) is 1.66. The molecule has 1 N–H and O–H groups in total. The summed E-state index contributed by atoms with van der Waals surface area (Å²) in [5.74, 6) is 1.19. The van der Waals surface area contributed by atoms with Gasteiger partial charge in [0.25, 0.3) is 0 Å². The molecule has 0 spiro atoms. The van der Waals surface area contributed by atoms with Crippen LogP contribution in [0.1, 0.15) is 11.1 Å². The van der Waals surface area contributed by atoms with Gasteiger partial charge in [-0.15, -0.1) is 11.6 Å². The normalized spacial score (nSPS) is 10.3. The highest BCUT2D eigenvalue weighted by Crippen LogP contribution is 2.28. The molecule has 0 atom stereocenters. The molecule has 0 aliphatic heterocycles. The van der Waals surface area contributed by atoms with Crippen molar-refractivity contribution in [2.45, 2.75) is 12.5 Å². The molecule has 94 valence electrons. The van der Waals surface area contributed by atoms with Gasteiger partial charge in [0, 0.05) is 10.6 Å². The Kier molecular flexibility index (Phi) is 4.34. The van der Waals surface area contributed by atoms with Gasteiger partial charge >= 0.3 is 0 Å². The number of ether oxygens (including phenoxy) is 1. The minimum Gasteiger partial charge on any atom is -0.508 e. The lowest BCUT2D eigenvalue weighted by atomic mass is 10.2. The van der Waals surface area contributed by atoms with Gasteiger partial charge in [-0.1, -0.05) is 29.8 Å². The molecule has 0 aromatic heterocycles. The average molecular weight is 283 g/mol. The Bertz CT molecular complexity index is 541. The third-order valence-corrected chi connectivity index (χ3v) is 3.14. The van der Waals surface area contributed by atoms with E-state index in [1.54, 1.807) is 24.3 Å². The van der Waals surface area contributed by atoms with Crippen LogP contribution in [0.4, 0.5) is 0 Å². The number of phenols is 1. The van der Waals surface area contributed by atoms with Crippen molar-refractivity contribution >= 4 is 23.2 Å². The van der Waals surface area contributed by atoms with E-state index in [1.165, 1.54) is 0 Å². The van der Waals surface area contributed by atoms with Crippen LogP contribution >= 0.6 is 23.2 Å². The monoisotopic (exact) mass is 282 g/mol. The zero-order chi connectivity index (χ0) is 13.0. The van der Waals surface area contributed by atoms with Crippen LogP contribution in [0, 0.1) is 0 Å². The van der Waals surface area contributed by atoms with Crippen molar-refractivity contribution in [1.29, 1.82) is 0 Å². The number of rotatable bonds is 4. The van der Waals surface area contributed by atoms with Crippen LogP contribution in [0.5, 0.6) is 11.5 Å². The quantitative estimate of drug-likeness (QED) is 0.844. The number of aromatic hydroxyl groups is 1. The van der Waals surface area contributed by atoms with Gasteiger partial charge in [0.15, 0.2) is 0 Å². The highest BCUT2D eigenvalue weighted by molar-refractivity contribution is 6.32. The van der Waals surface area contributed by atoms with E-state index in [0.29, 0.717) is 23.3 Å². The van der Waals surface area contributed by atoms with E-state index in [2.05, 4.69) is 0 Å². The summed E-state index contributed by atoms with van der Waals surface area (Å²) in [5, 5.41) is 9.95. The standard InChI is InChI=1S/C14H12Cl2O2/c15-8-12-13(16)5-2-6-14(12)18-9-10-3-1-4-11(17)7-10/h1-7,17H,8-9H2. The van der Waals surface area contributed by atoms with Gasteiger partial charge in [-0.3, -0.25) is 0 Å². The van der Waals surface area contributed by atoms with Gasteiger partial charge in [0.1, 0.15) is 18.1 Å². The molecule has 18 heavy (non-hydrogen) atoms. The molecule has 0 aliphatic carbocycles. The third-order valence-electron chi connectivity index (χ3n) is 2.51. The number of benzene rings is 2. The summed E-state index contributed by atoms with van der Waals surface area (Å²) in [6.45, 7) is 0.360. The van der Waals surface area contributed by atoms with Crippen molar-refractivity contribution in [2.75, 3.05) is 0 Å². The minimum atomic E-state index is 0.222. The molecule has 0 amide bonds. The van der Waals surface area contributed by atoms with Crippen molar-refractivity contribution < 1.29 is 9.84 Å². The average Bonchev–Trinajstić information content (AvgIpc) is 2.36. The SMILES string of the molecule is Oc1cccc(COc2cccc(Cl)c2CCl)c1. The summed E-state index contributed by atoms with van der Waals surface area (Å²) in [7, 11) is 0. The Hall–Kier alpha value is -1.38. The second-order valence-corrected chi connectivity index (χ2v) is 4.48. The fourth-order valence-electron chi connectivity index (χ4n) is 1.61. The van der Waals surface area contributed by atoms with Gasteiger partial charge in [0.05, 0.1) is 5.88 Å². The van der Waals surface area contributed by atoms with Crippen LogP contribution in [0.3, 0.4) is 0 Å². The molecule has 2 aromatic carbocycles. The molecule has 0 radical (unpaired) electrons. The number of halogens is 2. The lowest BCUT2D eigenvalue weighted by molar-refractivity contribution is 0.303. The zero-order valence-electron chi connectivity index (χ0n) is 9.57. The first kappa shape index (κ1) is 13.1. The first-order valence-electron chi connectivity index (χ1n) is 5.45. The molecule has 0 unspecified atom stereocenters. The second-order valence-electron chi connectivity index (χ2n) is 3.81. The lowest BCUT2D eigenvalue weighted by Crippen LogP contribution is -1.98. The van der Waals surface area contributed by atoms with Crippen LogP contribution in [-0.2, 0) is 12.5 Å². The Morgan fingerprint density at radius 2 is 1.89 bits per heavy atom. The summed E-state index contributed by atoms with van der Waals surface area (Å²) in [6.07, 6.45) is 0. The maximum atomic E-state index is 9.36. The van der Waals surface area contributed by atoms with Crippen molar-refractivity contribution in [3.63, 3.8) is 0 Å². The van der Waals surface area contributed by atoms with Crippen LogP contribution in [0.25, 0.3) is 0 Å². The first-order chi connectivity index (χ1) is 8.70. The highest BCUT2D eigenvalue weighted by atomic mass is 35.5. The van der Waals surface area contributed by atoms with Crippen molar-refractivity contribution in [2.24, 2.45) is 0 Å². The predicted octanol–water partition coefficient (Wildman–Crippen LogP) is 4.36. The van der Waals surface area contributed by atoms with E-state index in [0.717, 1.165) is 11.1 Å². The van der Waals surface area contributed by atoms with Crippen LogP contribution < -0.4 is 4.74 Å². The summed E-state index contributed by atoms with van der Waals surface area (Å²) < 4.78 is 5.67. The maximum absolute atomic E-state index is 9.36. The topological polar surface area (TPSA) is 29.5 Å². The van der Waals surface area contributed by atoms with E-state index in [-0.39, 0.29) is 5.75 Å². The molecule has 2 rings (SSSR count). The molecule has 0 saturated heterocycles. The van der Waals surface area contributed by atoms with Gasteiger partial charge in [-0.25, -0.2) is 0 Å². The van der Waals surface area contributed by atoms with Gasteiger partial charge in [-0.05, 0) is 29.8 Å². The molecule has 2 nitrogen and oxygen atoms in total. The molecular formula is C14H12Cl2O2. The number of hydrogen-bond acceptors (Lipinski definition) is 2. The Balaban J connectivity index is 2.13. The molecule has 0 bridgehead atoms. The Labute approximate surface area is 116 Å². The van der Waals surface area contributed by atoms with E-state index in [4.69, 9.17) is 27.9 Å². The summed E-state index contributed by atoms with van der Waals surface area (Å²) in [6, 6.07) is 12.3. The van der Waals surface area contributed by atoms with E-state index in [1.807, 2.05) is 18.2 Å². The zero-order valence-corrected chi connectivity index (χ0v) is 11.1. The molecule has 0 fully saturated rings. The summed E-state index contributed by atoms with van der Waals surface area (Å²) >= 11 is 11.9. The van der Waals surface area contributed by atoms with Crippen molar-refractivity contribution in [1.82, 2.24) is 0 Å². The fourth-order valence-corrected chi connectivity index (χ4v) is 2.19. The maximum Gasteiger partial charge on any atom is 0.125 e. The molecule has 0 aliphatic rings. The Morgan fingerprint density at radius 1 is 1.11 bits per heavy atom. The van der Waals surface area contributed by atoms with E-state index in [9.17, 15) is 5.11 Å². The third kappa shape index (κ3) is 3.09. The molecule has 0 saturated carbocycles. The second kappa shape index (κ2) is 5.98. The molecule has 0 heterocycles.